The first-order valence-electron chi connectivity index (χ1n) is 8.32. The van der Waals surface area contributed by atoms with E-state index in [9.17, 15) is 14.7 Å². The summed E-state index contributed by atoms with van der Waals surface area (Å²) >= 11 is 0. The van der Waals surface area contributed by atoms with Gasteiger partial charge in [-0.05, 0) is 44.4 Å². The van der Waals surface area contributed by atoms with E-state index in [-0.39, 0.29) is 18.1 Å². The van der Waals surface area contributed by atoms with Crippen molar-refractivity contribution < 1.29 is 19.4 Å². The summed E-state index contributed by atoms with van der Waals surface area (Å²) < 4.78 is 5.64. The molecule has 3 rings (SSSR count). The van der Waals surface area contributed by atoms with Gasteiger partial charge in [-0.1, -0.05) is 12.8 Å². The summed E-state index contributed by atoms with van der Waals surface area (Å²) in [6.07, 6.45) is 8.38. The van der Waals surface area contributed by atoms with Gasteiger partial charge in [-0.25, -0.2) is 4.79 Å². The average molecular weight is 295 g/mol. The van der Waals surface area contributed by atoms with Crippen LogP contribution in [0.5, 0.6) is 0 Å². The third-order valence-corrected chi connectivity index (χ3v) is 5.34. The molecule has 3 fully saturated rings. The Balaban J connectivity index is 1.69. The highest BCUT2D eigenvalue weighted by atomic mass is 16.5. The van der Waals surface area contributed by atoms with E-state index in [2.05, 4.69) is 0 Å². The lowest BCUT2D eigenvalue weighted by Crippen LogP contribution is -2.47. The third kappa shape index (κ3) is 3.07. The molecule has 21 heavy (non-hydrogen) atoms. The SMILES string of the molecule is O=C(O)C1CC2CCCCC2N1C(=O)CC1CCCCO1. The summed E-state index contributed by atoms with van der Waals surface area (Å²) in [6.45, 7) is 0.729. The number of hydrogen-bond acceptors (Lipinski definition) is 3. The van der Waals surface area contributed by atoms with Crippen LogP contribution in [-0.2, 0) is 14.3 Å². The fraction of sp³-hybridized carbons (Fsp3) is 0.875. The molecule has 118 valence electrons. The predicted molar refractivity (Wildman–Crippen MR) is 76.8 cm³/mol. The van der Waals surface area contributed by atoms with E-state index in [4.69, 9.17) is 4.74 Å². The lowest BCUT2D eigenvalue weighted by Gasteiger charge is -2.34. The zero-order valence-corrected chi connectivity index (χ0v) is 12.5. The van der Waals surface area contributed by atoms with Crippen molar-refractivity contribution in [2.45, 2.75) is 76.0 Å². The number of likely N-dealkylation sites (tertiary alicyclic amines) is 1. The average Bonchev–Trinajstić information content (AvgIpc) is 2.88. The highest BCUT2D eigenvalue weighted by molar-refractivity contribution is 5.85. The highest BCUT2D eigenvalue weighted by Gasteiger charge is 2.47. The summed E-state index contributed by atoms with van der Waals surface area (Å²) in [4.78, 5) is 25.9. The molecule has 4 unspecified atom stereocenters. The maximum absolute atomic E-state index is 12.7. The van der Waals surface area contributed by atoms with Gasteiger partial charge in [-0.2, -0.15) is 0 Å². The molecule has 0 bridgehead atoms. The normalized spacial score (nSPS) is 36.3. The van der Waals surface area contributed by atoms with Crippen LogP contribution in [0.25, 0.3) is 0 Å². The Kier molecular flexibility index (Phi) is 4.48. The number of carboxylic acid groups (broad SMARTS) is 1. The van der Waals surface area contributed by atoms with Gasteiger partial charge < -0.3 is 14.7 Å². The third-order valence-electron chi connectivity index (χ3n) is 5.34. The van der Waals surface area contributed by atoms with Crippen LogP contribution in [0.15, 0.2) is 0 Å². The van der Waals surface area contributed by atoms with Crippen molar-refractivity contribution >= 4 is 11.9 Å². The molecule has 1 aliphatic carbocycles. The molecule has 0 aromatic carbocycles. The van der Waals surface area contributed by atoms with Crippen LogP contribution < -0.4 is 0 Å². The summed E-state index contributed by atoms with van der Waals surface area (Å²) in [5.74, 6) is -0.470. The van der Waals surface area contributed by atoms with E-state index < -0.39 is 12.0 Å². The molecular formula is C16H25NO4. The Morgan fingerprint density at radius 3 is 2.57 bits per heavy atom. The van der Waals surface area contributed by atoms with E-state index in [0.717, 1.165) is 45.1 Å². The van der Waals surface area contributed by atoms with Crippen molar-refractivity contribution in [3.8, 4) is 0 Å². The van der Waals surface area contributed by atoms with Gasteiger partial charge in [0, 0.05) is 12.6 Å². The molecule has 1 saturated carbocycles. The number of carboxylic acids is 1. The van der Waals surface area contributed by atoms with Crippen LogP contribution in [0.2, 0.25) is 0 Å². The van der Waals surface area contributed by atoms with Crippen molar-refractivity contribution in [2.75, 3.05) is 6.61 Å². The molecule has 5 nitrogen and oxygen atoms in total. The van der Waals surface area contributed by atoms with Crippen LogP contribution >= 0.6 is 0 Å². The predicted octanol–water partition coefficient (Wildman–Crippen LogP) is 2.19. The standard InChI is InChI=1S/C16H25NO4/c18-15(10-12-6-3-4-8-21-12)17-13-7-2-1-5-11(13)9-14(17)16(19)20/h11-14H,1-10H2,(H,19,20). The van der Waals surface area contributed by atoms with Crippen LogP contribution in [0, 0.1) is 5.92 Å². The van der Waals surface area contributed by atoms with E-state index in [1.54, 1.807) is 4.90 Å². The second-order valence-electron chi connectivity index (χ2n) is 6.70. The highest BCUT2D eigenvalue weighted by Crippen LogP contribution is 2.40. The van der Waals surface area contributed by atoms with Gasteiger partial charge in [-0.3, -0.25) is 4.79 Å². The van der Waals surface area contributed by atoms with Gasteiger partial charge in [-0.15, -0.1) is 0 Å². The molecule has 0 radical (unpaired) electrons. The molecule has 0 aromatic heterocycles. The number of carbonyl (C=O) groups excluding carboxylic acids is 1. The Morgan fingerprint density at radius 2 is 1.86 bits per heavy atom. The first-order chi connectivity index (χ1) is 10.2. The molecule has 3 aliphatic rings. The Morgan fingerprint density at radius 1 is 1.10 bits per heavy atom. The molecule has 5 heteroatoms. The minimum Gasteiger partial charge on any atom is -0.480 e. The fourth-order valence-electron chi connectivity index (χ4n) is 4.31. The summed E-state index contributed by atoms with van der Waals surface area (Å²) in [5.41, 5.74) is 0. The number of ether oxygens (including phenoxy) is 1. The van der Waals surface area contributed by atoms with Crippen molar-refractivity contribution in [1.82, 2.24) is 4.90 Å². The van der Waals surface area contributed by atoms with Gasteiger partial charge in [0.05, 0.1) is 12.5 Å². The first kappa shape index (κ1) is 14.8. The Labute approximate surface area is 125 Å². The number of carbonyl (C=O) groups is 2. The first-order valence-corrected chi connectivity index (χ1v) is 8.32. The fourth-order valence-corrected chi connectivity index (χ4v) is 4.31. The Hall–Kier alpha value is -1.10. The van der Waals surface area contributed by atoms with Gasteiger partial charge in [0.2, 0.25) is 5.91 Å². The monoisotopic (exact) mass is 295 g/mol. The number of fused-ring (bicyclic) bond motifs is 1. The van der Waals surface area contributed by atoms with Gasteiger partial charge in [0.1, 0.15) is 6.04 Å². The van der Waals surface area contributed by atoms with Gasteiger partial charge in [0.25, 0.3) is 0 Å². The Bertz CT molecular complexity index is 405. The minimum absolute atomic E-state index is 0.0105. The number of nitrogens with zero attached hydrogens (tertiary/aromatic N) is 1. The van der Waals surface area contributed by atoms with Gasteiger partial charge in [0.15, 0.2) is 0 Å². The summed E-state index contributed by atoms with van der Waals surface area (Å²) in [7, 11) is 0. The van der Waals surface area contributed by atoms with E-state index in [1.165, 1.54) is 6.42 Å². The van der Waals surface area contributed by atoms with Crippen molar-refractivity contribution in [2.24, 2.45) is 5.92 Å². The summed E-state index contributed by atoms with van der Waals surface area (Å²) in [5, 5.41) is 9.46. The molecule has 2 heterocycles. The van der Waals surface area contributed by atoms with Crippen molar-refractivity contribution in [1.29, 1.82) is 0 Å². The van der Waals surface area contributed by atoms with E-state index in [0.29, 0.717) is 18.8 Å². The molecule has 0 spiro atoms. The minimum atomic E-state index is -0.845. The van der Waals surface area contributed by atoms with Crippen molar-refractivity contribution in [3.63, 3.8) is 0 Å². The van der Waals surface area contributed by atoms with Crippen LogP contribution in [0.3, 0.4) is 0 Å². The molecule has 0 aromatic rings. The molecule has 2 saturated heterocycles. The topological polar surface area (TPSA) is 66.8 Å². The second kappa shape index (κ2) is 6.34. The molecule has 4 atom stereocenters. The molecule has 2 aliphatic heterocycles. The second-order valence-corrected chi connectivity index (χ2v) is 6.70. The lowest BCUT2D eigenvalue weighted by molar-refractivity contribution is -0.151. The molecule has 1 amide bonds. The maximum Gasteiger partial charge on any atom is 0.326 e. The molecular weight excluding hydrogens is 270 g/mol. The zero-order chi connectivity index (χ0) is 14.8. The zero-order valence-electron chi connectivity index (χ0n) is 12.5. The van der Waals surface area contributed by atoms with Crippen LogP contribution in [-0.4, -0.2) is 46.7 Å². The van der Waals surface area contributed by atoms with Crippen LogP contribution in [0.4, 0.5) is 0 Å². The number of rotatable bonds is 3. The quantitative estimate of drug-likeness (QED) is 0.866. The largest absolute Gasteiger partial charge is 0.480 e. The number of aliphatic carboxylic acids is 1. The molecule has 1 N–H and O–H groups in total. The van der Waals surface area contributed by atoms with Crippen molar-refractivity contribution in [3.05, 3.63) is 0 Å². The van der Waals surface area contributed by atoms with Crippen LogP contribution in [0.1, 0.15) is 57.8 Å². The van der Waals surface area contributed by atoms with E-state index >= 15 is 0 Å². The van der Waals surface area contributed by atoms with E-state index in [1.807, 2.05) is 0 Å². The lowest BCUT2D eigenvalue weighted by atomic mass is 9.84. The smallest absolute Gasteiger partial charge is 0.326 e. The van der Waals surface area contributed by atoms with Gasteiger partial charge >= 0.3 is 5.97 Å². The maximum atomic E-state index is 12.7. The summed E-state index contributed by atoms with van der Waals surface area (Å²) in [6, 6.07) is -0.467. The number of amides is 1. The number of hydrogen-bond donors (Lipinski definition) is 1.